The molecule has 3 rings (SSSR count). The van der Waals surface area contributed by atoms with Crippen molar-refractivity contribution in [3.63, 3.8) is 0 Å². The van der Waals surface area contributed by atoms with Crippen molar-refractivity contribution in [3.8, 4) is 0 Å². The molecular formula is C10H12BrNS. The van der Waals surface area contributed by atoms with Crippen LogP contribution in [-0.4, -0.2) is 0 Å². The summed E-state index contributed by atoms with van der Waals surface area (Å²) >= 11 is 5.29. The van der Waals surface area contributed by atoms with Crippen molar-refractivity contribution in [2.45, 2.75) is 24.8 Å². The van der Waals surface area contributed by atoms with Crippen LogP contribution in [0.1, 0.15) is 24.1 Å². The van der Waals surface area contributed by atoms with Gasteiger partial charge in [0.05, 0.1) is 5.54 Å². The third kappa shape index (κ3) is 1.01. The van der Waals surface area contributed by atoms with E-state index in [4.69, 9.17) is 5.73 Å². The van der Waals surface area contributed by atoms with Crippen molar-refractivity contribution >= 4 is 27.3 Å². The first kappa shape index (κ1) is 8.45. The Labute approximate surface area is 90.5 Å². The fraction of sp³-hybridized carbons (Fsp3) is 0.600. The monoisotopic (exact) mass is 257 g/mol. The fourth-order valence-corrected chi connectivity index (χ4v) is 4.58. The van der Waals surface area contributed by atoms with Crippen LogP contribution in [0.15, 0.2) is 15.9 Å². The molecule has 3 heteroatoms. The molecule has 0 bridgehead atoms. The lowest BCUT2D eigenvalue weighted by Gasteiger charge is -2.12. The summed E-state index contributed by atoms with van der Waals surface area (Å²) < 4.78 is 1.18. The number of thiophene rings is 1. The molecule has 0 saturated heterocycles. The van der Waals surface area contributed by atoms with E-state index in [9.17, 15) is 0 Å². The van der Waals surface area contributed by atoms with Crippen molar-refractivity contribution in [3.05, 3.63) is 20.8 Å². The maximum atomic E-state index is 6.42. The van der Waals surface area contributed by atoms with Gasteiger partial charge in [0.25, 0.3) is 0 Å². The smallest absolute Gasteiger partial charge is 0.0568 e. The molecular weight excluding hydrogens is 246 g/mol. The molecule has 2 N–H and O–H groups in total. The Bertz CT molecular complexity index is 336. The van der Waals surface area contributed by atoms with Crippen molar-refractivity contribution in [1.29, 1.82) is 0 Å². The van der Waals surface area contributed by atoms with Crippen molar-refractivity contribution < 1.29 is 0 Å². The summed E-state index contributed by atoms with van der Waals surface area (Å²) in [6, 6.07) is 2.20. The van der Waals surface area contributed by atoms with Gasteiger partial charge >= 0.3 is 0 Å². The topological polar surface area (TPSA) is 26.0 Å². The Morgan fingerprint density at radius 2 is 2.15 bits per heavy atom. The highest BCUT2D eigenvalue weighted by Crippen LogP contribution is 2.65. The van der Waals surface area contributed by atoms with E-state index in [1.54, 1.807) is 11.3 Å². The van der Waals surface area contributed by atoms with Gasteiger partial charge in [0, 0.05) is 14.7 Å². The van der Waals surface area contributed by atoms with Gasteiger partial charge in [-0.15, -0.1) is 11.3 Å². The second-order valence-electron chi connectivity index (χ2n) is 4.21. The molecule has 0 radical (unpaired) electrons. The molecule has 2 aliphatic carbocycles. The molecule has 13 heavy (non-hydrogen) atoms. The lowest BCUT2D eigenvalue weighted by molar-refractivity contribution is 0.535. The Balaban J connectivity index is 1.95. The molecule has 1 aromatic heterocycles. The quantitative estimate of drug-likeness (QED) is 0.823. The Morgan fingerprint density at radius 3 is 2.69 bits per heavy atom. The number of halogens is 1. The average molecular weight is 258 g/mol. The maximum absolute atomic E-state index is 6.42. The third-order valence-electron chi connectivity index (χ3n) is 3.63. The summed E-state index contributed by atoms with van der Waals surface area (Å²) in [5, 5.41) is 2.14. The van der Waals surface area contributed by atoms with Crippen molar-refractivity contribution in [1.82, 2.24) is 0 Å². The van der Waals surface area contributed by atoms with Gasteiger partial charge in [-0.3, -0.25) is 0 Å². The molecule has 1 nitrogen and oxygen atoms in total. The lowest BCUT2D eigenvalue weighted by Crippen LogP contribution is -2.24. The largest absolute Gasteiger partial charge is 0.320 e. The first-order valence-electron chi connectivity index (χ1n) is 4.76. The molecule has 2 fully saturated rings. The van der Waals surface area contributed by atoms with Crippen LogP contribution >= 0.6 is 27.3 Å². The summed E-state index contributed by atoms with van der Waals surface area (Å²) in [5.41, 5.74) is 6.48. The lowest BCUT2D eigenvalue weighted by atomic mass is 10.0. The van der Waals surface area contributed by atoms with Crippen LogP contribution in [0.4, 0.5) is 0 Å². The number of fused-ring (bicyclic) bond motifs is 1. The van der Waals surface area contributed by atoms with E-state index in [0.29, 0.717) is 0 Å². The Hall–Kier alpha value is 0.140. The van der Waals surface area contributed by atoms with Gasteiger partial charge in [-0.25, -0.2) is 0 Å². The fourth-order valence-electron chi connectivity index (χ4n) is 2.91. The molecule has 0 amide bonds. The maximum Gasteiger partial charge on any atom is 0.0568 e. The van der Waals surface area contributed by atoms with Crippen LogP contribution in [0.3, 0.4) is 0 Å². The summed E-state index contributed by atoms with van der Waals surface area (Å²) in [7, 11) is 0. The minimum Gasteiger partial charge on any atom is -0.320 e. The van der Waals surface area contributed by atoms with E-state index < -0.39 is 0 Å². The third-order valence-corrected chi connectivity index (χ3v) is 5.49. The molecule has 70 valence electrons. The molecule has 0 aliphatic heterocycles. The zero-order chi connectivity index (χ0) is 9.05. The van der Waals surface area contributed by atoms with Gasteiger partial charge in [-0.2, -0.15) is 0 Å². The average Bonchev–Trinajstić information content (AvgIpc) is 2.61. The summed E-state index contributed by atoms with van der Waals surface area (Å²) in [6.45, 7) is 0. The minimum absolute atomic E-state index is 0.0644. The van der Waals surface area contributed by atoms with E-state index in [1.165, 1.54) is 28.6 Å². The molecule has 0 spiro atoms. The van der Waals surface area contributed by atoms with Crippen molar-refractivity contribution in [2.75, 3.05) is 0 Å². The van der Waals surface area contributed by atoms with Crippen LogP contribution in [0.5, 0.6) is 0 Å². The van der Waals surface area contributed by atoms with E-state index in [0.717, 1.165) is 11.8 Å². The summed E-state index contributed by atoms with van der Waals surface area (Å²) in [4.78, 5) is 1.38. The van der Waals surface area contributed by atoms with E-state index in [2.05, 4.69) is 27.4 Å². The van der Waals surface area contributed by atoms with E-state index in [-0.39, 0.29) is 5.54 Å². The first-order chi connectivity index (χ1) is 6.23. The number of nitrogens with two attached hydrogens (primary N) is 1. The van der Waals surface area contributed by atoms with Gasteiger partial charge < -0.3 is 5.73 Å². The predicted octanol–water partition coefficient (Wildman–Crippen LogP) is 3.09. The SMILES string of the molecule is NC1(c2cc(Br)cs2)C2CCCC21. The van der Waals surface area contributed by atoms with Crippen molar-refractivity contribution in [2.24, 2.45) is 17.6 Å². The molecule has 0 aromatic carbocycles. The van der Waals surface area contributed by atoms with Gasteiger partial charge in [0.15, 0.2) is 0 Å². The normalized spacial score (nSPS) is 42.0. The molecule has 1 aromatic rings. The molecule has 2 aliphatic rings. The number of hydrogen-bond donors (Lipinski definition) is 1. The number of hydrogen-bond acceptors (Lipinski definition) is 2. The van der Waals surface area contributed by atoms with Crippen LogP contribution in [0, 0.1) is 11.8 Å². The molecule has 2 atom stereocenters. The predicted molar refractivity (Wildman–Crippen MR) is 58.7 cm³/mol. The standard InChI is InChI=1S/C10H12BrNS/c11-6-4-9(13-5-6)10(12)7-2-1-3-8(7)10/h4-5,7-8H,1-3,12H2. The molecule has 1 heterocycles. The van der Waals surface area contributed by atoms with Crippen LogP contribution < -0.4 is 5.73 Å². The summed E-state index contributed by atoms with van der Waals surface area (Å²) in [6.07, 6.45) is 4.08. The van der Waals surface area contributed by atoms with Gasteiger partial charge in [0.2, 0.25) is 0 Å². The molecule has 2 saturated carbocycles. The second-order valence-corrected chi connectivity index (χ2v) is 6.03. The van der Waals surface area contributed by atoms with E-state index >= 15 is 0 Å². The van der Waals surface area contributed by atoms with Gasteiger partial charge in [-0.1, -0.05) is 6.42 Å². The van der Waals surface area contributed by atoms with Crippen LogP contribution in [0.2, 0.25) is 0 Å². The molecule has 2 unspecified atom stereocenters. The van der Waals surface area contributed by atoms with Crippen LogP contribution in [-0.2, 0) is 5.54 Å². The zero-order valence-electron chi connectivity index (χ0n) is 7.29. The van der Waals surface area contributed by atoms with Crippen LogP contribution in [0.25, 0.3) is 0 Å². The highest BCUT2D eigenvalue weighted by atomic mass is 79.9. The highest BCUT2D eigenvalue weighted by Gasteiger charge is 2.65. The highest BCUT2D eigenvalue weighted by molar-refractivity contribution is 9.10. The zero-order valence-corrected chi connectivity index (χ0v) is 9.70. The minimum atomic E-state index is 0.0644. The first-order valence-corrected chi connectivity index (χ1v) is 6.43. The Morgan fingerprint density at radius 1 is 1.46 bits per heavy atom. The van der Waals surface area contributed by atoms with E-state index in [1.807, 2.05) is 0 Å². The van der Waals surface area contributed by atoms with Gasteiger partial charge in [-0.05, 0) is 46.7 Å². The summed E-state index contributed by atoms with van der Waals surface area (Å²) in [5.74, 6) is 1.58. The Kier molecular flexibility index (Phi) is 1.68. The number of rotatable bonds is 1. The van der Waals surface area contributed by atoms with Gasteiger partial charge in [0.1, 0.15) is 0 Å². The second kappa shape index (κ2) is 2.59.